The van der Waals surface area contributed by atoms with E-state index in [2.05, 4.69) is 24.8 Å². The average Bonchev–Trinajstić information content (AvgIpc) is 2.38. The van der Waals surface area contributed by atoms with E-state index < -0.39 is 0 Å². The molecule has 2 N–H and O–H groups in total. The van der Waals surface area contributed by atoms with Crippen molar-refractivity contribution in [2.45, 2.75) is 26.4 Å². The third kappa shape index (κ3) is 3.46. The zero-order chi connectivity index (χ0) is 13.5. The Morgan fingerprint density at radius 3 is 2.67 bits per heavy atom. The molecular formula is C14H21N3O. The van der Waals surface area contributed by atoms with Crippen LogP contribution in [0.4, 0.5) is 5.69 Å². The van der Waals surface area contributed by atoms with Gasteiger partial charge in [0.1, 0.15) is 6.07 Å². The van der Waals surface area contributed by atoms with E-state index in [0.29, 0.717) is 24.8 Å². The molecule has 1 aromatic carbocycles. The zero-order valence-electron chi connectivity index (χ0n) is 11.3. The molecule has 98 valence electrons. The zero-order valence-corrected chi connectivity index (χ0v) is 11.3. The highest BCUT2D eigenvalue weighted by molar-refractivity contribution is 5.61. The highest BCUT2D eigenvalue weighted by atomic mass is 16.5. The van der Waals surface area contributed by atoms with Crippen LogP contribution < -0.4 is 10.6 Å². The molecule has 0 aliphatic rings. The number of nitrogens with zero attached hydrogens (tertiary/aromatic N) is 2. The van der Waals surface area contributed by atoms with Gasteiger partial charge in [-0.15, -0.1) is 0 Å². The first-order valence-electron chi connectivity index (χ1n) is 6.12. The van der Waals surface area contributed by atoms with Crippen LogP contribution >= 0.6 is 0 Å². The van der Waals surface area contributed by atoms with E-state index >= 15 is 0 Å². The van der Waals surface area contributed by atoms with E-state index in [4.69, 9.17) is 10.5 Å². The van der Waals surface area contributed by atoms with Crippen LogP contribution in [-0.4, -0.2) is 26.3 Å². The molecule has 0 heterocycles. The molecule has 1 rings (SSSR count). The summed E-state index contributed by atoms with van der Waals surface area (Å²) in [6.07, 6.45) is 0. The van der Waals surface area contributed by atoms with Crippen LogP contribution in [0.5, 0.6) is 0 Å². The van der Waals surface area contributed by atoms with Crippen LogP contribution in [0.3, 0.4) is 0 Å². The summed E-state index contributed by atoms with van der Waals surface area (Å²) in [5, 5.41) is 9.25. The minimum Gasteiger partial charge on any atom is -0.383 e. The number of hydrogen-bond acceptors (Lipinski definition) is 4. The summed E-state index contributed by atoms with van der Waals surface area (Å²) < 4.78 is 5.12. The molecule has 4 nitrogen and oxygen atoms in total. The third-order valence-electron chi connectivity index (χ3n) is 2.89. The van der Waals surface area contributed by atoms with Gasteiger partial charge in [0.25, 0.3) is 0 Å². The monoisotopic (exact) mass is 247 g/mol. The Kier molecular flexibility index (Phi) is 5.63. The maximum absolute atomic E-state index is 9.25. The van der Waals surface area contributed by atoms with Crippen LogP contribution in [0, 0.1) is 11.3 Å². The maximum atomic E-state index is 9.25. The number of nitrogens with two attached hydrogens (primary N) is 1. The Hall–Kier alpha value is -1.57. The van der Waals surface area contributed by atoms with Crippen LogP contribution in [0.15, 0.2) is 18.2 Å². The summed E-state index contributed by atoms with van der Waals surface area (Å²) in [4.78, 5) is 2.17. The molecule has 0 bridgehead atoms. The van der Waals surface area contributed by atoms with Crippen LogP contribution in [-0.2, 0) is 11.3 Å². The topological polar surface area (TPSA) is 62.3 Å². The van der Waals surface area contributed by atoms with E-state index in [1.54, 1.807) is 7.11 Å². The lowest BCUT2D eigenvalue weighted by molar-refractivity contribution is 0.204. The first kappa shape index (κ1) is 14.5. The van der Waals surface area contributed by atoms with Crippen molar-refractivity contribution >= 4 is 5.69 Å². The fourth-order valence-electron chi connectivity index (χ4n) is 1.90. The molecule has 0 aliphatic carbocycles. The minimum atomic E-state index is 0.316. The highest BCUT2D eigenvalue weighted by Gasteiger charge is 2.14. The molecule has 0 spiro atoms. The Bertz CT molecular complexity index is 424. The van der Waals surface area contributed by atoms with Gasteiger partial charge in [-0.05, 0) is 31.5 Å². The maximum Gasteiger partial charge on any atom is 0.101 e. The summed E-state index contributed by atoms with van der Waals surface area (Å²) in [5.41, 5.74) is 8.19. The molecule has 0 aliphatic heterocycles. The lowest BCUT2D eigenvalue weighted by atomic mass is 10.1. The van der Waals surface area contributed by atoms with Gasteiger partial charge in [-0.3, -0.25) is 0 Å². The van der Waals surface area contributed by atoms with Crippen molar-refractivity contribution in [1.82, 2.24) is 0 Å². The molecular weight excluding hydrogens is 226 g/mol. The quantitative estimate of drug-likeness (QED) is 0.833. The smallest absolute Gasteiger partial charge is 0.101 e. The number of hydrogen-bond donors (Lipinski definition) is 1. The summed E-state index contributed by atoms with van der Waals surface area (Å²) in [6, 6.07) is 8.36. The van der Waals surface area contributed by atoms with Crippen molar-refractivity contribution in [3.8, 4) is 6.07 Å². The normalized spacial score (nSPS) is 10.4. The summed E-state index contributed by atoms with van der Waals surface area (Å²) in [5.74, 6) is 0. The second kappa shape index (κ2) is 7.00. The molecule has 0 fully saturated rings. The predicted octanol–water partition coefficient (Wildman–Crippen LogP) is 1.88. The average molecular weight is 247 g/mol. The molecule has 0 aromatic heterocycles. The first-order chi connectivity index (χ1) is 8.63. The third-order valence-corrected chi connectivity index (χ3v) is 2.89. The van der Waals surface area contributed by atoms with Crippen LogP contribution in [0.1, 0.15) is 25.0 Å². The largest absolute Gasteiger partial charge is 0.383 e. The van der Waals surface area contributed by atoms with Crippen molar-refractivity contribution in [2.24, 2.45) is 5.73 Å². The number of methoxy groups -OCH3 is 1. The summed E-state index contributed by atoms with van der Waals surface area (Å²) in [7, 11) is 1.68. The lowest BCUT2D eigenvalue weighted by Crippen LogP contribution is -2.34. The lowest BCUT2D eigenvalue weighted by Gasteiger charge is -2.29. The Balaban J connectivity index is 3.07. The number of anilines is 1. The SMILES string of the molecule is COCCN(c1ccc(CN)cc1C#N)C(C)C. The number of rotatable bonds is 6. The van der Waals surface area contributed by atoms with Crippen LogP contribution in [0.25, 0.3) is 0 Å². The summed E-state index contributed by atoms with van der Waals surface area (Å²) >= 11 is 0. The second-order valence-electron chi connectivity index (χ2n) is 4.45. The molecule has 0 radical (unpaired) electrons. The van der Waals surface area contributed by atoms with Crippen molar-refractivity contribution in [1.29, 1.82) is 5.26 Å². The molecule has 0 amide bonds. The molecule has 4 heteroatoms. The fourth-order valence-corrected chi connectivity index (χ4v) is 1.90. The van der Waals surface area contributed by atoms with Gasteiger partial charge in [-0.1, -0.05) is 6.07 Å². The van der Waals surface area contributed by atoms with Gasteiger partial charge in [0.2, 0.25) is 0 Å². The van der Waals surface area contributed by atoms with Gasteiger partial charge in [-0.2, -0.15) is 5.26 Å². The first-order valence-corrected chi connectivity index (χ1v) is 6.12. The van der Waals surface area contributed by atoms with Crippen molar-refractivity contribution in [2.75, 3.05) is 25.2 Å². The number of benzene rings is 1. The fraction of sp³-hybridized carbons (Fsp3) is 0.500. The van der Waals surface area contributed by atoms with Gasteiger partial charge in [0.15, 0.2) is 0 Å². The Labute approximate surface area is 109 Å². The van der Waals surface area contributed by atoms with Crippen molar-refractivity contribution in [3.05, 3.63) is 29.3 Å². The summed E-state index contributed by atoms with van der Waals surface area (Å²) in [6.45, 7) is 6.07. The standard InChI is InChI=1S/C14H21N3O/c1-11(2)17(6-7-18-3)14-5-4-12(9-15)8-13(14)10-16/h4-5,8,11H,6-7,9,15H2,1-3H3. The van der Waals surface area contributed by atoms with E-state index in [-0.39, 0.29) is 0 Å². The van der Waals surface area contributed by atoms with Gasteiger partial charge in [-0.25, -0.2) is 0 Å². The van der Waals surface area contributed by atoms with Crippen molar-refractivity contribution in [3.63, 3.8) is 0 Å². The highest BCUT2D eigenvalue weighted by Crippen LogP contribution is 2.23. The van der Waals surface area contributed by atoms with E-state index in [1.165, 1.54) is 0 Å². The van der Waals surface area contributed by atoms with Gasteiger partial charge >= 0.3 is 0 Å². The van der Waals surface area contributed by atoms with Crippen LogP contribution in [0.2, 0.25) is 0 Å². The molecule has 1 aromatic rings. The van der Waals surface area contributed by atoms with E-state index in [1.807, 2.05) is 18.2 Å². The molecule has 0 saturated heterocycles. The Morgan fingerprint density at radius 2 is 2.17 bits per heavy atom. The van der Waals surface area contributed by atoms with Gasteiger partial charge < -0.3 is 15.4 Å². The number of ether oxygens (including phenoxy) is 1. The molecule has 18 heavy (non-hydrogen) atoms. The van der Waals surface area contributed by atoms with Gasteiger partial charge in [0, 0.05) is 26.2 Å². The molecule has 0 saturated carbocycles. The van der Waals surface area contributed by atoms with Gasteiger partial charge in [0.05, 0.1) is 17.9 Å². The van der Waals surface area contributed by atoms with E-state index in [0.717, 1.165) is 17.8 Å². The Morgan fingerprint density at radius 1 is 1.44 bits per heavy atom. The van der Waals surface area contributed by atoms with E-state index in [9.17, 15) is 5.26 Å². The predicted molar refractivity (Wildman–Crippen MR) is 73.4 cm³/mol. The molecule has 0 atom stereocenters. The minimum absolute atomic E-state index is 0.316. The van der Waals surface area contributed by atoms with Crippen molar-refractivity contribution < 1.29 is 4.74 Å². The number of nitriles is 1. The molecule has 0 unspecified atom stereocenters. The second-order valence-corrected chi connectivity index (χ2v) is 4.45.